The Bertz CT molecular complexity index is 840. The van der Waals surface area contributed by atoms with Gasteiger partial charge in [-0.1, -0.05) is 36.4 Å². The fourth-order valence-electron chi connectivity index (χ4n) is 2.54. The maximum Gasteiger partial charge on any atom is 0.259 e. The van der Waals surface area contributed by atoms with Crippen molar-refractivity contribution in [2.75, 3.05) is 10.6 Å². The average Bonchev–Trinajstić information content (AvgIpc) is 2.59. The average molecular weight is 317 g/mol. The number of hydrogen-bond donors (Lipinski definition) is 2. The molecule has 0 fully saturated rings. The number of amides is 1. The molecule has 0 aliphatic rings. The van der Waals surface area contributed by atoms with E-state index >= 15 is 0 Å². The van der Waals surface area contributed by atoms with Crippen LogP contribution in [0.25, 0.3) is 0 Å². The van der Waals surface area contributed by atoms with E-state index in [1.54, 1.807) is 18.3 Å². The number of rotatable bonds is 4. The number of benzene rings is 2. The topological polar surface area (TPSA) is 54.0 Å². The maximum atomic E-state index is 12.6. The van der Waals surface area contributed by atoms with Crippen LogP contribution in [0.4, 0.5) is 17.2 Å². The molecule has 0 bridgehead atoms. The molecule has 120 valence electrons. The summed E-state index contributed by atoms with van der Waals surface area (Å²) in [7, 11) is 0. The standard InChI is InChI=1S/C20H19N3O/c1-14-8-6-9-15(2)18(14)23-19-17(12-7-13-21-19)20(24)22-16-10-4-3-5-11-16/h3-13H,1-2H3,(H,21,23)(H,22,24). The number of carbonyl (C=O) groups is 1. The molecule has 1 heterocycles. The third-order valence-electron chi connectivity index (χ3n) is 3.81. The van der Waals surface area contributed by atoms with Gasteiger partial charge in [0.2, 0.25) is 0 Å². The maximum absolute atomic E-state index is 12.6. The van der Waals surface area contributed by atoms with E-state index in [0.717, 1.165) is 22.5 Å². The second kappa shape index (κ2) is 6.96. The molecule has 0 spiro atoms. The van der Waals surface area contributed by atoms with Crippen LogP contribution in [0.15, 0.2) is 66.9 Å². The second-order valence-electron chi connectivity index (χ2n) is 5.61. The Kier molecular flexibility index (Phi) is 4.57. The van der Waals surface area contributed by atoms with Gasteiger partial charge < -0.3 is 10.6 Å². The molecule has 2 aromatic carbocycles. The minimum absolute atomic E-state index is 0.192. The highest BCUT2D eigenvalue weighted by atomic mass is 16.1. The summed E-state index contributed by atoms with van der Waals surface area (Å²) in [6.45, 7) is 4.06. The van der Waals surface area contributed by atoms with Gasteiger partial charge in [-0.15, -0.1) is 0 Å². The van der Waals surface area contributed by atoms with Crippen LogP contribution in [-0.2, 0) is 0 Å². The molecule has 0 radical (unpaired) electrons. The Labute approximate surface area is 141 Å². The number of aromatic nitrogens is 1. The molecule has 4 nitrogen and oxygen atoms in total. The van der Waals surface area contributed by atoms with Crippen LogP contribution in [-0.4, -0.2) is 10.9 Å². The van der Waals surface area contributed by atoms with Gasteiger partial charge in [0.05, 0.1) is 5.56 Å². The van der Waals surface area contributed by atoms with Crippen molar-refractivity contribution in [3.8, 4) is 0 Å². The van der Waals surface area contributed by atoms with Crippen molar-refractivity contribution in [2.24, 2.45) is 0 Å². The Morgan fingerprint density at radius 2 is 1.58 bits per heavy atom. The van der Waals surface area contributed by atoms with E-state index in [0.29, 0.717) is 11.4 Å². The van der Waals surface area contributed by atoms with E-state index in [1.165, 1.54) is 0 Å². The second-order valence-corrected chi connectivity index (χ2v) is 5.61. The summed E-state index contributed by atoms with van der Waals surface area (Å²) < 4.78 is 0. The molecule has 0 aliphatic heterocycles. The molecule has 3 aromatic rings. The van der Waals surface area contributed by atoms with Gasteiger partial charge in [0.15, 0.2) is 0 Å². The zero-order chi connectivity index (χ0) is 16.9. The van der Waals surface area contributed by atoms with Gasteiger partial charge in [0.25, 0.3) is 5.91 Å². The normalized spacial score (nSPS) is 10.2. The van der Waals surface area contributed by atoms with Crippen LogP contribution in [0.2, 0.25) is 0 Å². The van der Waals surface area contributed by atoms with E-state index in [-0.39, 0.29) is 5.91 Å². The van der Waals surface area contributed by atoms with Crippen molar-refractivity contribution in [3.63, 3.8) is 0 Å². The predicted octanol–water partition coefficient (Wildman–Crippen LogP) is 4.69. The third kappa shape index (κ3) is 3.43. The Morgan fingerprint density at radius 1 is 0.875 bits per heavy atom. The molecule has 3 rings (SSSR count). The molecule has 0 saturated carbocycles. The Hall–Kier alpha value is -3.14. The highest BCUT2D eigenvalue weighted by Crippen LogP contribution is 2.25. The zero-order valence-electron chi connectivity index (χ0n) is 13.7. The zero-order valence-corrected chi connectivity index (χ0v) is 13.7. The SMILES string of the molecule is Cc1cccc(C)c1Nc1ncccc1C(=O)Nc1ccccc1. The lowest BCUT2D eigenvalue weighted by molar-refractivity contribution is 0.102. The summed E-state index contributed by atoms with van der Waals surface area (Å²) >= 11 is 0. The fourth-order valence-corrected chi connectivity index (χ4v) is 2.54. The largest absolute Gasteiger partial charge is 0.339 e. The molecule has 0 aliphatic carbocycles. The monoisotopic (exact) mass is 317 g/mol. The quantitative estimate of drug-likeness (QED) is 0.733. The highest BCUT2D eigenvalue weighted by molar-refractivity contribution is 6.07. The number of para-hydroxylation sites is 2. The minimum atomic E-state index is -0.192. The number of aryl methyl sites for hydroxylation is 2. The smallest absolute Gasteiger partial charge is 0.259 e. The summed E-state index contributed by atoms with van der Waals surface area (Å²) in [5.74, 6) is 0.353. The lowest BCUT2D eigenvalue weighted by atomic mass is 10.1. The molecule has 0 saturated heterocycles. The lowest BCUT2D eigenvalue weighted by Crippen LogP contribution is -2.15. The van der Waals surface area contributed by atoms with Gasteiger partial charge in [0.1, 0.15) is 5.82 Å². The van der Waals surface area contributed by atoms with E-state index < -0.39 is 0 Å². The van der Waals surface area contributed by atoms with Crippen LogP contribution in [0.1, 0.15) is 21.5 Å². The van der Waals surface area contributed by atoms with Crippen LogP contribution in [0.5, 0.6) is 0 Å². The van der Waals surface area contributed by atoms with Crippen LogP contribution in [0.3, 0.4) is 0 Å². The number of nitrogens with zero attached hydrogens (tertiary/aromatic N) is 1. The Morgan fingerprint density at radius 3 is 2.29 bits per heavy atom. The van der Waals surface area contributed by atoms with Crippen molar-refractivity contribution in [1.82, 2.24) is 4.98 Å². The molecule has 2 N–H and O–H groups in total. The first-order valence-electron chi connectivity index (χ1n) is 7.80. The van der Waals surface area contributed by atoms with Gasteiger partial charge >= 0.3 is 0 Å². The number of nitrogens with one attached hydrogen (secondary N) is 2. The first kappa shape index (κ1) is 15.7. The van der Waals surface area contributed by atoms with Crippen LogP contribution < -0.4 is 10.6 Å². The molecule has 1 amide bonds. The summed E-state index contributed by atoms with van der Waals surface area (Å²) in [5.41, 5.74) is 4.45. The first-order valence-corrected chi connectivity index (χ1v) is 7.80. The van der Waals surface area contributed by atoms with E-state index in [2.05, 4.69) is 15.6 Å². The molecule has 1 aromatic heterocycles. The van der Waals surface area contributed by atoms with Gasteiger partial charge in [0, 0.05) is 17.6 Å². The summed E-state index contributed by atoms with van der Waals surface area (Å²) in [6, 6.07) is 19.0. The molecule has 4 heteroatoms. The number of carbonyl (C=O) groups excluding carboxylic acids is 1. The fraction of sp³-hybridized carbons (Fsp3) is 0.100. The van der Waals surface area contributed by atoms with Crippen molar-refractivity contribution in [1.29, 1.82) is 0 Å². The summed E-state index contributed by atoms with van der Waals surface area (Å²) in [5, 5.41) is 6.20. The molecular weight excluding hydrogens is 298 g/mol. The van der Waals surface area contributed by atoms with Crippen molar-refractivity contribution in [3.05, 3.63) is 83.6 Å². The van der Waals surface area contributed by atoms with E-state index in [4.69, 9.17) is 0 Å². The first-order chi connectivity index (χ1) is 11.6. The van der Waals surface area contributed by atoms with E-state index in [9.17, 15) is 4.79 Å². The van der Waals surface area contributed by atoms with Crippen LogP contribution in [0, 0.1) is 13.8 Å². The molecule has 24 heavy (non-hydrogen) atoms. The summed E-state index contributed by atoms with van der Waals surface area (Å²) in [4.78, 5) is 17.0. The third-order valence-corrected chi connectivity index (χ3v) is 3.81. The van der Waals surface area contributed by atoms with E-state index in [1.807, 2.05) is 62.4 Å². The van der Waals surface area contributed by atoms with Crippen LogP contribution >= 0.6 is 0 Å². The van der Waals surface area contributed by atoms with Gasteiger partial charge in [-0.2, -0.15) is 0 Å². The lowest BCUT2D eigenvalue weighted by Gasteiger charge is -2.14. The van der Waals surface area contributed by atoms with Crippen molar-refractivity contribution in [2.45, 2.75) is 13.8 Å². The number of anilines is 3. The van der Waals surface area contributed by atoms with Crippen molar-refractivity contribution < 1.29 is 4.79 Å². The van der Waals surface area contributed by atoms with Gasteiger partial charge in [-0.3, -0.25) is 4.79 Å². The Balaban J connectivity index is 1.89. The highest BCUT2D eigenvalue weighted by Gasteiger charge is 2.14. The van der Waals surface area contributed by atoms with Gasteiger partial charge in [-0.05, 0) is 49.2 Å². The number of pyridine rings is 1. The minimum Gasteiger partial charge on any atom is -0.339 e. The summed E-state index contributed by atoms with van der Waals surface area (Å²) in [6.07, 6.45) is 1.68. The molecule has 0 atom stereocenters. The van der Waals surface area contributed by atoms with Gasteiger partial charge in [-0.25, -0.2) is 4.98 Å². The molecule has 0 unspecified atom stereocenters. The predicted molar refractivity (Wildman–Crippen MR) is 97.8 cm³/mol. The van der Waals surface area contributed by atoms with Crippen molar-refractivity contribution >= 4 is 23.1 Å². The number of hydrogen-bond acceptors (Lipinski definition) is 3. The molecular formula is C20H19N3O.